The molecule has 0 spiro atoms. The summed E-state index contributed by atoms with van der Waals surface area (Å²) in [6, 6.07) is 3.61. The molecule has 2 N–H and O–H groups in total. The Morgan fingerprint density at radius 3 is 3.13 bits per heavy atom. The normalized spacial score (nSPS) is 9.67. The van der Waals surface area contributed by atoms with Gasteiger partial charge in [0, 0.05) is 12.7 Å². The fourth-order valence-electron chi connectivity index (χ4n) is 0.942. The molecule has 0 aliphatic carbocycles. The minimum absolute atomic E-state index is 0.128. The first-order valence-electron chi connectivity index (χ1n) is 4.46. The Balaban J connectivity index is 2.44. The second-order valence-corrected chi connectivity index (χ2v) is 3.66. The van der Waals surface area contributed by atoms with E-state index in [0.717, 1.165) is 4.47 Å². The molecule has 80 valence electrons. The monoisotopic (exact) mass is 269 g/mol. The molecule has 1 heterocycles. The minimum Gasteiger partial charge on any atom is -0.309 e. The third-order valence-corrected chi connectivity index (χ3v) is 2.23. The van der Waals surface area contributed by atoms with Crippen molar-refractivity contribution in [2.45, 2.75) is 0 Å². The molecule has 1 amide bonds. The van der Waals surface area contributed by atoms with Crippen molar-refractivity contribution in [1.29, 1.82) is 0 Å². The minimum atomic E-state index is -0.128. The maximum absolute atomic E-state index is 11.4. The molecule has 4 nitrogen and oxygen atoms in total. The molecule has 1 aromatic rings. The fraction of sp³-hybridized carbons (Fsp3) is 0.200. The van der Waals surface area contributed by atoms with E-state index in [9.17, 15) is 4.79 Å². The number of halogens is 1. The molecule has 0 atom stereocenters. The van der Waals surface area contributed by atoms with Crippen molar-refractivity contribution in [2.75, 3.05) is 18.4 Å². The van der Waals surface area contributed by atoms with Crippen LogP contribution in [0.15, 0.2) is 35.5 Å². The van der Waals surface area contributed by atoms with Crippen LogP contribution >= 0.6 is 15.9 Å². The molecule has 0 unspecified atom stereocenters. The summed E-state index contributed by atoms with van der Waals surface area (Å²) in [6.07, 6.45) is 3.32. The molecular weight excluding hydrogens is 258 g/mol. The number of hydrogen-bond acceptors (Lipinski definition) is 3. The Kier molecular flexibility index (Phi) is 5.00. The average molecular weight is 270 g/mol. The van der Waals surface area contributed by atoms with Crippen LogP contribution in [0, 0.1) is 0 Å². The number of hydrogen-bond donors (Lipinski definition) is 2. The van der Waals surface area contributed by atoms with Gasteiger partial charge in [0.2, 0.25) is 5.91 Å². The molecule has 0 radical (unpaired) electrons. The van der Waals surface area contributed by atoms with Crippen molar-refractivity contribution in [3.63, 3.8) is 0 Å². The number of aromatic nitrogens is 1. The smallest absolute Gasteiger partial charge is 0.239 e. The number of anilines is 1. The van der Waals surface area contributed by atoms with Gasteiger partial charge in [0.1, 0.15) is 5.82 Å². The Morgan fingerprint density at radius 2 is 2.47 bits per heavy atom. The highest BCUT2D eigenvalue weighted by Crippen LogP contribution is 2.17. The van der Waals surface area contributed by atoms with Crippen LogP contribution in [0.2, 0.25) is 0 Å². The largest absolute Gasteiger partial charge is 0.309 e. The first-order chi connectivity index (χ1) is 7.24. The topological polar surface area (TPSA) is 54.0 Å². The zero-order chi connectivity index (χ0) is 11.1. The van der Waals surface area contributed by atoms with E-state index in [0.29, 0.717) is 12.4 Å². The molecule has 0 fully saturated rings. The van der Waals surface area contributed by atoms with Gasteiger partial charge in [-0.1, -0.05) is 6.08 Å². The number of amides is 1. The van der Waals surface area contributed by atoms with Crippen LogP contribution in [0.3, 0.4) is 0 Å². The van der Waals surface area contributed by atoms with Crippen LogP contribution in [-0.2, 0) is 4.79 Å². The molecule has 1 aromatic heterocycles. The molecule has 0 bridgehead atoms. The van der Waals surface area contributed by atoms with Gasteiger partial charge in [-0.25, -0.2) is 4.98 Å². The third kappa shape index (κ3) is 4.22. The number of nitrogens with zero attached hydrogens (tertiary/aromatic N) is 1. The molecular formula is C10H12BrN3O. The number of carbonyl (C=O) groups excluding carboxylic acids is 1. The highest BCUT2D eigenvalue weighted by Gasteiger charge is 2.04. The molecule has 1 rings (SSSR count). The first-order valence-corrected chi connectivity index (χ1v) is 5.25. The molecule has 5 heteroatoms. The van der Waals surface area contributed by atoms with E-state index in [-0.39, 0.29) is 12.5 Å². The molecule has 0 aliphatic heterocycles. The lowest BCUT2D eigenvalue weighted by molar-refractivity contribution is -0.115. The van der Waals surface area contributed by atoms with Gasteiger partial charge in [0.05, 0.1) is 11.0 Å². The first kappa shape index (κ1) is 11.9. The Bertz CT molecular complexity index is 354. The van der Waals surface area contributed by atoms with Crippen molar-refractivity contribution < 1.29 is 4.79 Å². The van der Waals surface area contributed by atoms with Crippen molar-refractivity contribution in [1.82, 2.24) is 10.3 Å². The van der Waals surface area contributed by atoms with Crippen LogP contribution in [0.5, 0.6) is 0 Å². The van der Waals surface area contributed by atoms with Gasteiger partial charge < -0.3 is 10.6 Å². The Labute approximate surface area is 96.9 Å². The lowest BCUT2D eigenvalue weighted by atomic mass is 10.4. The third-order valence-electron chi connectivity index (χ3n) is 1.59. The lowest BCUT2D eigenvalue weighted by Gasteiger charge is -2.05. The predicted octanol–water partition coefficient (Wildman–Crippen LogP) is 1.56. The van der Waals surface area contributed by atoms with E-state index < -0.39 is 0 Å². The zero-order valence-electron chi connectivity index (χ0n) is 8.16. The van der Waals surface area contributed by atoms with E-state index in [1.807, 2.05) is 6.07 Å². The van der Waals surface area contributed by atoms with Gasteiger partial charge in [-0.05, 0) is 28.1 Å². The molecule has 0 saturated heterocycles. The number of nitrogens with one attached hydrogen (secondary N) is 2. The highest BCUT2D eigenvalue weighted by molar-refractivity contribution is 9.10. The second-order valence-electron chi connectivity index (χ2n) is 2.80. The molecule has 0 aliphatic rings. The van der Waals surface area contributed by atoms with Crippen LogP contribution < -0.4 is 10.6 Å². The fourth-order valence-corrected chi connectivity index (χ4v) is 1.30. The summed E-state index contributed by atoms with van der Waals surface area (Å²) >= 11 is 3.29. The van der Waals surface area contributed by atoms with Crippen LogP contribution in [0.1, 0.15) is 0 Å². The second kappa shape index (κ2) is 6.31. The van der Waals surface area contributed by atoms with E-state index in [1.54, 1.807) is 18.3 Å². The van der Waals surface area contributed by atoms with Crippen molar-refractivity contribution >= 4 is 27.7 Å². The average Bonchev–Trinajstić information content (AvgIpc) is 2.22. The lowest BCUT2D eigenvalue weighted by Crippen LogP contribution is -2.28. The highest BCUT2D eigenvalue weighted by atomic mass is 79.9. The summed E-state index contributed by atoms with van der Waals surface area (Å²) < 4.78 is 0.766. The van der Waals surface area contributed by atoms with Gasteiger partial charge in [-0.15, -0.1) is 6.58 Å². The van der Waals surface area contributed by atoms with Crippen LogP contribution in [-0.4, -0.2) is 24.0 Å². The summed E-state index contributed by atoms with van der Waals surface area (Å²) in [7, 11) is 0. The Hall–Kier alpha value is -1.20. The molecule has 0 saturated carbocycles. The maximum Gasteiger partial charge on any atom is 0.239 e. The van der Waals surface area contributed by atoms with Gasteiger partial charge in [-0.2, -0.15) is 0 Å². The van der Waals surface area contributed by atoms with Gasteiger partial charge in [-0.3, -0.25) is 4.79 Å². The van der Waals surface area contributed by atoms with Gasteiger partial charge in [0.15, 0.2) is 0 Å². The SMILES string of the molecule is C=CCNCC(=O)Nc1ncccc1Br. The quantitative estimate of drug-likeness (QED) is 0.630. The standard InChI is InChI=1S/C10H12BrN3O/c1-2-5-12-7-9(15)14-10-8(11)4-3-6-13-10/h2-4,6,12H,1,5,7H2,(H,13,14,15). The maximum atomic E-state index is 11.4. The summed E-state index contributed by atoms with van der Waals surface area (Å²) in [5, 5.41) is 5.58. The molecule has 0 aromatic carbocycles. The van der Waals surface area contributed by atoms with Crippen molar-refractivity contribution in [3.05, 3.63) is 35.5 Å². The van der Waals surface area contributed by atoms with E-state index >= 15 is 0 Å². The zero-order valence-corrected chi connectivity index (χ0v) is 9.75. The Morgan fingerprint density at radius 1 is 1.67 bits per heavy atom. The van der Waals surface area contributed by atoms with Gasteiger partial charge in [0.25, 0.3) is 0 Å². The predicted molar refractivity (Wildman–Crippen MR) is 63.6 cm³/mol. The number of rotatable bonds is 5. The summed E-state index contributed by atoms with van der Waals surface area (Å²) in [5.74, 6) is 0.402. The summed E-state index contributed by atoms with van der Waals surface area (Å²) in [4.78, 5) is 15.4. The number of pyridine rings is 1. The van der Waals surface area contributed by atoms with E-state index in [1.165, 1.54) is 0 Å². The van der Waals surface area contributed by atoms with E-state index in [4.69, 9.17) is 0 Å². The number of carbonyl (C=O) groups is 1. The summed E-state index contributed by atoms with van der Waals surface area (Å²) in [6.45, 7) is 4.39. The van der Waals surface area contributed by atoms with E-state index in [2.05, 4.69) is 38.1 Å². The van der Waals surface area contributed by atoms with Crippen LogP contribution in [0.4, 0.5) is 5.82 Å². The van der Waals surface area contributed by atoms with Crippen LogP contribution in [0.25, 0.3) is 0 Å². The van der Waals surface area contributed by atoms with Crippen molar-refractivity contribution in [2.24, 2.45) is 0 Å². The summed E-state index contributed by atoms with van der Waals surface area (Å²) in [5.41, 5.74) is 0. The molecule has 15 heavy (non-hydrogen) atoms. The van der Waals surface area contributed by atoms with Crippen molar-refractivity contribution in [3.8, 4) is 0 Å². The van der Waals surface area contributed by atoms with Gasteiger partial charge >= 0.3 is 0 Å².